The first-order chi connectivity index (χ1) is 13.8. The smallest absolute Gasteiger partial charge is 0.412 e. The summed E-state index contributed by atoms with van der Waals surface area (Å²) in [6.45, 7) is 3.84. The number of allylic oxidation sites excluding steroid dienone is 1. The number of halogens is 1. The topological polar surface area (TPSA) is 95.9 Å². The molecule has 6 nitrogen and oxygen atoms in total. The SMILES string of the molecule is Cc1ccc(NC(=O)O[C@H](c2cc(Br)ccc2O)[C@H](C)CC/C=C/C(=O)O)cc1. The van der Waals surface area contributed by atoms with Crippen molar-refractivity contribution in [1.29, 1.82) is 0 Å². The lowest BCUT2D eigenvalue weighted by atomic mass is 9.92. The molecule has 1 amide bonds. The number of rotatable bonds is 8. The monoisotopic (exact) mass is 461 g/mol. The second-order valence-electron chi connectivity index (χ2n) is 6.82. The van der Waals surface area contributed by atoms with Crippen LogP contribution >= 0.6 is 15.9 Å². The zero-order chi connectivity index (χ0) is 21.4. The lowest BCUT2D eigenvalue weighted by Crippen LogP contribution is -2.22. The summed E-state index contributed by atoms with van der Waals surface area (Å²) in [6.07, 6.45) is 2.37. The fourth-order valence-electron chi connectivity index (χ4n) is 2.83. The third-order valence-corrected chi connectivity index (χ3v) is 4.89. The van der Waals surface area contributed by atoms with E-state index in [1.807, 2.05) is 26.0 Å². The first-order valence-electron chi connectivity index (χ1n) is 9.18. The third kappa shape index (κ3) is 7.27. The van der Waals surface area contributed by atoms with Gasteiger partial charge in [0, 0.05) is 21.8 Å². The van der Waals surface area contributed by atoms with E-state index < -0.39 is 18.2 Å². The van der Waals surface area contributed by atoms with Crippen LogP contribution in [0.1, 0.15) is 37.0 Å². The van der Waals surface area contributed by atoms with Gasteiger partial charge in [0.15, 0.2) is 0 Å². The van der Waals surface area contributed by atoms with E-state index in [4.69, 9.17) is 9.84 Å². The van der Waals surface area contributed by atoms with Crippen LogP contribution in [0.2, 0.25) is 0 Å². The van der Waals surface area contributed by atoms with Gasteiger partial charge in [0.2, 0.25) is 0 Å². The number of phenolic OH excluding ortho intramolecular Hbond substituents is 1. The Morgan fingerprint density at radius 1 is 1.21 bits per heavy atom. The highest BCUT2D eigenvalue weighted by Gasteiger charge is 2.26. The van der Waals surface area contributed by atoms with Gasteiger partial charge in [-0.05, 0) is 56.0 Å². The summed E-state index contributed by atoms with van der Waals surface area (Å²) in [5, 5.41) is 21.7. The number of aliphatic carboxylic acids is 1. The fourth-order valence-corrected chi connectivity index (χ4v) is 3.21. The molecule has 3 N–H and O–H groups in total. The molecule has 7 heteroatoms. The Morgan fingerprint density at radius 3 is 2.55 bits per heavy atom. The number of carbonyl (C=O) groups excluding carboxylic acids is 1. The number of nitrogens with one attached hydrogen (secondary N) is 1. The van der Waals surface area contributed by atoms with E-state index in [2.05, 4.69) is 21.2 Å². The van der Waals surface area contributed by atoms with Crippen molar-refractivity contribution in [3.8, 4) is 5.75 Å². The molecule has 0 saturated carbocycles. The van der Waals surface area contributed by atoms with Gasteiger partial charge < -0.3 is 14.9 Å². The average molecular weight is 462 g/mol. The molecular formula is C22H24BrNO5. The summed E-state index contributed by atoms with van der Waals surface area (Å²) in [5.74, 6) is -1.15. The first-order valence-corrected chi connectivity index (χ1v) is 9.97. The lowest BCUT2D eigenvalue weighted by molar-refractivity contribution is -0.131. The molecule has 0 aliphatic rings. The van der Waals surface area contributed by atoms with Gasteiger partial charge in [-0.2, -0.15) is 0 Å². The molecule has 0 unspecified atom stereocenters. The number of hydrogen-bond donors (Lipinski definition) is 3. The van der Waals surface area contributed by atoms with E-state index in [1.54, 1.807) is 30.3 Å². The number of aromatic hydroxyl groups is 1. The predicted octanol–water partition coefficient (Wildman–Crippen LogP) is 5.81. The summed E-state index contributed by atoms with van der Waals surface area (Å²) in [6, 6.07) is 12.3. The maximum Gasteiger partial charge on any atom is 0.412 e. The summed E-state index contributed by atoms with van der Waals surface area (Å²) in [5.41, 5.74) is 2.16. The maximum absolute atomic E-state index is 12.5. The van der Waals surface area contributed by atoms with Gasteiger partial charge in [-0.3, -0.25) is 5.32 Å². The van der Waals surface area contributed by atoms with E-state index in [0.717, 1.165) is 16.1 Å². The van der Waals surface area contributed by atoms with Gasteiger partial charge in [0.05, 0.1) is 0 Å². The Balaban J connectivity index is 2.17. The van der Waals surface area contributed by atoms with Crippen molar-refractivity contribution in [2.24, 2.45) is 5.92 Å². The van der Waals surface area contributed by atoms with Crippen molar-refractivity contribution in [1.82, 2.24) is 0 Å². The number of anilines is 1. The lowest BCUT2D eigenvalue weighted by Gasteiger charge is -2.25. The number of amides is 1. The fraction of sp³-hybridized carbons (Fsp3) is 0.273. The number of ether oxygens (including phenoxy) is 1. The van der Waals surface area contributed by atoms with E-state index >= 15 is 0 Å². The van der Waals surface area contributed by atoms with E-state index in [1.165, 1.54) is 6.07 Å². The van der Waals surface area contributed by atoms with Gasteiger partial charge in [0.1, 0.15) is 11.9 Å². The van der Waals surface area contributed by atoms with Crippen molar-refractivity contribution in [2.75, 3.05) is 5.32 Å². The van der Waals surface area contributed by atoms with Gasteiger partial charge >= 0.3 is 12.1 Å². The number of carbonyl (C=O) groups is 2. The summed E-state index contributed by atoms with van der Waals surface area (Å²) >= 11 is 3.38. The van der Waals surface area contributed by atoms with E-state index in [9.17, 15) is 14.7 Å². The molecule has 0 radical (unpaired) electrons. The minimum Gasteiger partial charge on any atom is -0.508 e. The molecule has 0 heterocycles. The highest BCUT2D eigenvalue weighted by molar-refractivity contribution is 9.10. The van der Waals surface area contributed by atoms with E-state index in [0.29, 0.717) is 24.1 Å². The van der Waals surface area contributed by atoms with E-state index in [-0.39, 0.29) is 11.7 Å². The molecule has 0 aliphatic heterocycles. The number of phenols is 1. The van der Waals surface area contributed by atoms with Crippen LogP contribution in [0.15, 0.2) is 59.1 Å². The molecule has 2 aromatic carbocycles. The standard InChI is InChI=1S/C22H24BrNO5/c1-14-7-10-17(11-8-14)24-22(28)29-21(15(2)5-3-4-6-20(26)27)18-13-16(23)9-12-19(18)25/h4,6-13,15,21,25H,3,5H2,1-2H3,(H,24,28)(H,26,27)/b6-4+/t15-,21+/m1/s1. The molecule has 29 heavy (non-hydrogen) atoms. The molecule has 2 rings (SSSR count). The predicted molar refractivity (Wildman–Crippen MR) is 115 cm³/mol. The van der Waals surface area contributed by atoms with Crippen molar-refractivity contribution in [3.63, 3.8) is 0 Å². The van der Waals surface area contributed by atoms with Gasteiger partial charge in [-0.1, -0.05) is 46.6 Å². The zero-order valence-electron chi connectivity index (χ0n) is 16.3. The number of carboxylic acids is 1. The normalized spacial score (nSPS) is 13.1. The van der Waals surface area contributed by atoms with Gasteiger partial charge in [-0.15, -0.1) is 0 Å². The molecule has 154 valence electrons. The minimum atomic E-state index is -1.01. The van der Waals surface area contributed by atoms with Crippen molar-refractivity contribution < 1.29 is 24.5 Å². The second-order valence-corrected chi connectivity index (χ2v) is 7.73. The van der Waals surface area contributed by atoms with Crippen LogP contribution in [-0.4, -0.2) is 22.3 Å². The van der Waals surface area contributed by atoms with Crippen LogP contribution in [0, 0.1) is 12.8 Å². The Morgan fingerprint density at radius 2 is 1.90 bits per heavy atom. The molecule has 0 saturated heterocycles. The third-order valence-electron chi connectivity index (χ3n) is 4.39. The number of benzene rings is 2. The number of hydrogen-bond acceptors (Lipinski definition) is 4. The van der Waals surface area contributed by atoms with Crippen LogP contribution < -0.4 is 5.32 Å². The Bertz CT molecular complexity index is 879. The highest BCUT2D eigenvalue weighted by Crippen LogP contribution is 2.36. The Labute approximate surface area is 178 Å². The van der Waals surface area contributed by atoms with Crippen molar-refractivity contribution in [3.05, 3.63) is 70.2 Å². The average Bonchev–Trinajstić information content (AvgIpc) is 2.67. The Hall–Kier alpha value is -2.80. The molecule has 2 aromatic rings. The molecule has 0 aliphatic carbocycles. The summed E-state index contributed by atoms with van der Waals surface area (Å²) in [7, 11) is 0. The quantitative estimate of drug-likeness (QED) is 0.431. The largest absolute Gasteiger partial charge is 0.508 e. The second kappa shape index (κ2) is 10.7. The maximum atomic E-state index is 12.5. The zero-order valence-corrected chi connectivity index (χ0v) is 17.8. The van der Waals surface area contributed by atoms with Crippen molar-refractivity contribution in [2.45, 2.75) is 32.8 Å². The number of aryl methyl sites for hydroxylation is 1. The highest BCUT2D eigenvalue weighted by atomic mass is 79.9. The molecule has 0 bridgehead atoms. The molecule has 2 atom stereocenters. The minimum absolute atomic E-state index is 0.0225. The van der Waals surface area contributed by atoms with Gasteiger partial charge in [-0.25, -0.2) is 9.59 Å². The first kappa shape index (κ1) is 22.5. The van der Waals surface area contributed by atoms with Crippen LogP contribution in [-0.2, 0) is 9.53 Å². The van der Waals surface area contributed by atoms with Crippen LogP contribution in [0.4, 0.5) is 10.5 Å². The molecule has 0 spiro atoms. The molecule has 0 fully saturated rings. The molecular weight excluding hydrogens is 438 g/mol. The Kier molecular flexibility index (Phi) is 8.27. The van der Waals surface area contributed by atoms with Crippen molar-refractivity contribution >= 4 is 33.7 Å². The van der Waals surface area contributed by atoms with Gasteiger partial charge in [0.25, 0.3) is 0 Å². The summed E-state index contributed by atoms with van der Waals surface area (Å²) < 4.78 is 6.42. The molecule has 0 aromatic heterocycles. The number of carboxylic acid groups (broad SMARTS) is 1. The van der Waals surface area contributed by atoms with Crippen LogP contribution in [0.3, 0.4) is 0 Å². The summed E-state index contributed by atoms with van der Waals surface area (Å²) in [4.78, 5) is 23.1. The van der Waals surface area contributed by atoms with Crippen LogP contribution in [0.5, 0.6) is 5.75 Å². The van der Waals surface area contributed by atoms with Crippen LogP contribution in [0.25, 0.3) is 0 Å².